The number of methoxy groups -OCH3 is 1. The van der Waals surface area contributed by atoms with E-state index in [2.05, 4.69) is 67.2 Å². The van der Waals surface area contributed by atoms with Crippen molar-refractivity contribution in [2.45, 2.75) is 18.7 Å². The molecular formula is C23H18Br2N2O2. The molecule has 2 heterocycles. The third-order valence-electron chi connectivity index (χ3n) is 5.33. The number of hydrazone groups is 1. The Balaban J connectivity index is 1.57. The van der Waals surface area contributed by atoms with Crippen LogP contribution in [-0.4, -0.2) is 17.8 Å². The summed E-state index contributed by atoms with van der Waals surface area (Å²) in [7, 11) is 1.68. The van der Waals surface area contributed by atoms with Crippen LogP contribution in [0.3, 0.4) is 0 Å². The summed E-state index contributed by atoms with van der Waals surface area (Å²) < 4.78 is 13.8. The van der Waals surface area contributed by atoms with Gasteiger partial charge >= 0.3 is 0 Å². The minimum absolute atomic E-state index is 0.127. The average molecular weight is 514 g/mol. The lowest BCUT2D eigenvalue weighted by molar-refractivity contribution is -0.0190. The highest BCUT2D eigenvalue weighted by Crippen LogP contribution is 2.48. The molecule has 2 aliphatic rings. The monoisotopic (exact) mass is 512 g/mol. The maximum absolute atomic E-state index is 6.41. The van der Waals surface area contributed by atoms with Gasteiger partial charge < -0.3 is 9.47 Å². The fourth-order valence-electron chi connectivity index (χ4n) is 3.86. The molecule has 0 bridgehead atoms. The van der Waals surface area contributed by atoms with E-state index in [0.717, 1.165) is 49.3 Å². The van der Waals surface area contributed by atoms with Gasteiger partial charge in [0.2, 0.25) is 6.23 Å². The Morgan fingerprint density at radius 3 is 2.41 bits per heavy atom. The summed E-state index contributed by atoms with van der Waals surface area (Å²) in [4.78, 5) is 0. The van der Waals surface area contributed by atoms with E-state index in [-0.39, 0.29) is 12.3 Å². The molecule has 29 heavy (non-hydrogen) atoms. The van der Waals surface area contributed by atoms with Crippen LogP contribution in [0.2, 0.25) is 0 Å². The summed E-state index contributed by atoms with van der Waals surface area (Å²) in [6, 6.07) is 22.6. The average Bonchev–Trinajstić information content (AvgIpc) is 3.20. The zero-order valence-corrected chi connectivity index (χ0v) is 18.9. The molecule has 3 aromatic carbocycles. The largest absolute Gasteiger partial charge is 0.497 e. The molecule has 0 aliphatic carbocycles. The molecule has 2 atom stereocenters. The van der Waals surface area contributed by atoms with Crippen LogP contribution in [0.25, 0.3) is 0 Å². The molecule has 0 amide bonds. The summed E-state index contributed by atoms with van der Waals surface area (Å²) in [6.45, 7) is 0. The zero-order chi connectivity index (χ0) is 20.0. The van der Waals surface area contributed by atoms with E-state index in [1.54, 1.807) is 7.11 Å². The van der Waals surface area contributed by atoms with Gasteiger partial charge in [0, 0.05) is 26.5 Å². The van der Waals surface area contributed by atoms with Crippen LogP contribution in [0.15, 0.2) is 80.8 Å². The van der Waals surface area contributed by atoms with Crippen molar-refractivity contribution in [1.29, 1.82) is 0 Å². The summed E-state index contributed by atoms with van der Waals surface area (Å²) in [5.41, 5.74) is 4.38. The SMILES string of the molecule is COc1ccc(C2=NN3[C@H](C2)c2cc(Br)ccc2O[C@H]3c2ccc(Br)cc2)cc1. The summed E-state index contributed by atoms with van der Waals surface area (Å²) >= 11 is 7.11. The van der Waals surface area contributed by atoms with Crippen LogP contribution < -0.4 is 9.47 Å². The lowest BCUT2D eigenvalue weighted by Crippen LogP contribution is -2.33. The molecule has 4 nitrogen and oxygen atoms in total. The molecule has 0 aromatic heterocycles. The van der Waals surface area contributed by atoms with Gasteiger partial charge in [0.1, 0.15) is 11.5 Å². The van der Waals surface area contributed by atoms with Gasteiger partial charge in [0.25, 0.3) is 0 Å². The van der Waals surface area contributed by atoms with Crippen molar-refractivity contribution < 1.29 is 9.47 Å². The molecule has 0 saturated heterocycles. The number of benzene rings is 3. The number of nitrogens with zero attached hydrogens (tertiary/aromatic N) is 2. The van der Waals surface area contributed by atoms with Gasteiger partial charge in [0.15, 0.2) is 0 Å². The molecule has 5 rings (SSSR count). The first kappa shape index (κ1) is 18.7. The van der Waals surface area contributed by atoms with Crippen molar-refractivity contribution in [3.05, 3.63) is 92.4 Å². The van der Waals surface area contributed by atoms with Gasteiger partial charge in [-0.1, -0.05) is 44.0 Å². The summed E-state index contributed by atoms with van der Waals surface area (Å²) in [6.07, 6.45) is 0.559. The second-order valence-electron chi connectivity index (χ2n) is 7.08. The van der Waals surface area contributed by atoms with Gasteiger partial charge in [-0.05, 0) is 60.2 Å². The summed E-state index contributed by atoms with van der Waals surface area (Å²) in [5.74, 6) is 1.75. The second kappa shape index (κ2) is 7.50. The van der Waals surface area contributed by atoms with Crippen molar-refractivity contribution in [2.75, 3.05) is 7.11 Å². The first-order valence-corrected chi connectivity index (χ1v) is 10.9. The predicted molar refractivity (Wildman–Crippen MR) is 120 cm³/mol. The Hall–Kier alpha value is -2.31. The minimum Gasteiger partial charge on any atom is -0.497 e. The molecular weight excluding hydrogens is 496 g/mol. The van der Waals surface area contributed by atoms with Crippen molar-refractivity contribution in [2.24, 2.45) is 5.10 Å². The van der Waals surface area contributed by atoms with Crippen LogP contribution >= 0.6 is 31.9 Å². The van der Waals surface area contributed by atoms with Crippen molar-refractivity contribution in [3.8, 4) is 11.5 Å². The highest BCUT2D eigenvalue weighted by atomic mass is 79.9. The lowest BCUT2D eigenvalue weighted by atomic mass is 9.96. The van der Waals surface area contributed by atoms with E-state index in [1.807, 2.05) is 36.4 Å². The van der Waals surface area contributed by atoms with E-state index in [9.17, 15) is 0 Å². The van der Waals surface area contributed by atoms with E-state index in [4.69, 9.17) is 14.6 Å². The van der Waals surface area contributed by atoms with Crippen molar-refractivity contribution in [1.82, 2.24) is 5.01 Å². The highest BCUT2D eigenvalue weighted by Gasteiger charge is 2.41. The number of hydrogen-bond acceptors (Lipinski definition) is 4. The van der Waals surface area contributed by atoms with Crippen LogP contribution in [0, 0.1) is 0 Å². The fourth-order valence-corrected chi connectivity index (χ4v) is 4.51. The maximum atomic E-state index is 6.41. The Morgan fingerprint density at radius 2 is 1.69 bits per heavy atom. The molecule has 0 fully saturated rings. The van der Waals surface area contributed by atoms with Crippen LogP contribution in [0.4, 0.5) is 0 Å². The maximum Gasteiger partial charge on any atom is 0.213 e. The number of fused-ring (bicyclic) bond motifs is 3. The van der Waals surface area contributed by atoms with Gasteiger partial charge in [0.05, 0.1) is 18.9 Å². The van der Waals surface area contributed by atoms with Crippen LogP contribution in [-0.2, 0) is 0 Å². The van der Waals surface area contributed by atoms with Crippen molar-refractivity contribution >= 4 is 37.6 Å². The first-order chi connectivity index (χ1) is 14.1. The molecule has 0 spiro atoms. The minimum atomic E-state index is -0.266. The highest BCUT2D eigenvalue weighted by molar-refractivity contribution is 9.10. The molecule has 0 N–H and O–H groups in total. The summed E-state index contributed by atoms with van der Waals surface area (Å²) in [5, 5.41) is 7.10. The third-order valence-corrected chi connectivity index (χ3v) is 6.35. The predicted octanol–water partition coefficient (Wildman–Crippen LogP) is 6.46. The fraction of sp³-hybridized carbons (Fsp3) is 0.174. The molecule has 2 aliphatic heterocycles. The third kappa shape index (κ3) is 3.45. The quantitative estimate of drug-likeness (QED) is 0.403. The molecule has 146 valence electrons. The Kier molecular flexibility index (Phi) is 4.84. The Labute approximate surface area is 186 Å². The normalized spacial score (nSPS) is 19.8. The Morgan fingerprint density at radius 1 is 0.966 bits per heavy atom. The van der Waals surface area contributed by atoms with E-state index < -0.39 is 0 Å². The van der Waals surface area contributed by atoms with Gasteiger partial charge in [-0.3, -0.25) is 0 Å². The van der Waals surface area contributed by atoms with Crippen LogP contribution in [0.5, 0.6) is 11.5 Å². The zero-order valence-electron chi connectivity index (χ0n) is 15.7. The number of hydrogen-bond donors (Lipinski definition) is 0. The molecule has 0 saturated carbocycles. The lowest BCUT2D eigenvalue weighted by Gasteiger charge is -2.38. The second-order valence-corrected chi connectivity index (χ2v) is 8.91. The number of rotatable bonds is 3. The smallest absolute Gasteiger partial charge is 0.213 e. The molecule has 0 radical (unpaired) electrons. The standard InChI is InChI=1S/C23H18Br2N2O2/c1-28-18-9-4-14(5-10-18)20-13-21-19-12-17(25)8-11-22(19)29-23(27(21)26-20)15-2-6-16(24)7-3-15/h2-12,21,23H,13H2,1H3/t21-,23+/m1/s1. The number of ether oxygens (including phenoxy) is 2. The van der Waals surface area contributed by atoms with E-state index in [1.165, 1.54) is 0 Å². The molecule has 3 aromatic rings. The van der Waals surface area contributed by atoms with Gasteiger partial charge in [-0.25, -0.2) is 5.01 Å². The van der Waals surface area contributed by atoms with Gasteiger partial charge in [-0.15, -0.1) is 0 Å². The molecule has 6 heteroatoms. The first-order valence-electron chi connectivity index (χ1n) is 9.34. The van der Waals surface area contributed by atoms with Crippen molar-refractivity contribution in [3.63, 3.8) is 0 Å². The van der Waals surface area contributed by atoms with Crippen LogP contribution in [0.1, 0.15) is 35.4 Å². The van der Waals surface area contributed by atoms with Gasteiger partial charge in [-0.2, -0.15) is 5.10 Å². The number of halogens is 2. The van der Waals surface area contributed by atoms with E-state index >= 15 is 0 Å². The molecule has 0 unspecified atom stereocenters. The topological polar surface area (TPSA) is 34.1 Å². The Bertz CT molecular complexity index is 1080. The van der Waals surface area contributed by atoms with E-state index in [0.29, 0.717) is 0 Å².